The number of nitrogens with zero attached hydrogens (tertiary/aromatic N) is 6. The van der Waals surface area contributed by atoms with Gasteiger partial charge in [-0.2, -0.15) is 17.7 Å². The Morgan fingerprint density at radius 3 is 2.54 bits per heavy atom. The molecule has 4 aromatic rings. The lowest BCUT2D eigenvalue weighted by molar-refractivity contribution is -0.121. The zero-order valence-corrected chi connectivity index (χ0v) is 43.8. The van der Waals surface area contributed by atoms with Crippen LogP contribution in [-0.2, 0) is 64.9 Å². The smallest absolute Gasteiger partial charge is 0.452 e. The van der Waals surface area contributed by atoms with Crippen LogP contribution >= 0.6 is 22.4 Å². The number of carbonyl (C=O) groups is 2. The van der Waals surface area contributed by atoms with Crippen LogP contribution in [0.15, 0.2) is 46.5 Å². The molecule has 2 aromatic heterocycles. The summed E-state index contributed by atoms with van der Waals surface area (Å²) >= 11 is 4.09. The first kappa shape index (κ1) is 55.2. The van der Waals surface area contributed by atoms with Gasteiger partial charge >= 0.3 is 28.5 Å². The summed E-state index contributed by atoms with van der Waals surface area (Å²) in [7, 11) is -15.8. The van der Waals surface area contributed by atoms with Crippen LogP contribution in [0, 0.1) is 0 Å². The van der Waals surface area contributed by atoms with Crippen LogP contribution in [0.4, 0.5) is 22.1 Å². The first-order valence-electron chi connectivity index (χ1n) is 22.6. The van der Waals surface area contributed by atoms with E-state index in [9.17, 15) is 61.2 Å². The third-order valence-corrected chi connectivity index (χ3v) is 17.2. The third kappa shape index (κ3) is 12.8. The molecule has 34 heteroatoms. The number of fused-ring (bicyclic) bond motifs is 5. The Kier molecular flexibility index (Phi) is 15.8. The zero-order valence-electron chi connectivity index (χ0n) is 39.5. The van der Waals surface area contributed by atoms with Gasteiger partial charge in [0.2, 0.25) is 17.2 Å². The van der Waals surface area contributed by atoms with Gasteiger partial charge in [0.05, 0.1) is 24.5 Å². The van der Waals surface area contributed by atoms with Gasteiger partial charge in [0, 0.05) is 55.4 Å². The molecule has 29 nitrogen and oxygen atoms in total. The van der Waals surface area contributed by atoms with Gasteiger partial charge in [0.15, 0.2) is 35.0 Å². The SMILES string of the molecule is CC[N+]1=c2cc3c(cc2CCC1)=Nc1cc2c(cc1O3)N(CCCC(=O)NCCNC(=O)O[C@H]1[C@@H](O)[C@H](n3cnc4c(=O)[nH]c(N)nc43)O[C@@H]1COP(=O)(O)OP(=O)(O)OP(O)(O)=S)C(C)(C)C=C2CS(=O)(=O)O. The van der Waals surface area contributed by atoms with Crippen LogP contribution in [0.3, 0.4) is 0 Å². The number of nitrogens with one attached hydrogen (secondary N) is 3. The second kappa shape index (κ2) is 21.2. The topological polar surface area (TPSA) is 411 Å². The van der Waals surface area contributed by atoms with Crippen molar-refractivity contribution in [2.45, 2.75) is 76.5 Å². The maximum absolute atomic E-state index is 13.1. The minimum Gasteiger partial charge on any atom is -0.452 e. The van der Waals surface area contributed by atoms with Gasteiger partial charge in [-0.05, 0) is 63.1 Å². The van der Waals surface area contributed by atoms with Crippen LogP contribution in [0.5, 0.6) is 11.5 Å². The first-order chi connectivity index (χ1) is 34.6. The third-order valence-electron chi connectivity index (χ3n) is 12.1. The monoisotopic (exact) mass is 1130 g/mol. The number of hydrogen-bond acceptors (Lipinski definition) is 20. The van der Waals surface area contributed by atoms with Crippen molar-refractivity contribution in [3.8, 4) is 11.5 Å². The van der Waals surface area contributed by atoms with Gasteiger partial charge in [-0.15, -0.1) is 0 Å². The van der Waals surface area contributed by atoms with Gasteiger partial charge in [-0.25, -0.2) is 32.8 Å². The Morgan fingerprint density at radius 2 is 1.82 bits per heavy atom. The van der Waals surface area contributed by atoms with E-state index in [2.05, 4.69) is 57.5 Å². The highest BCUT2D eigenvalue weighted by molar-refractivity contribution is 8.08. The molecular formula is C40H52N10O19P3S2+. The zero-order chi connectivity index (χ0) is 53.7. The number of ether oxygens (including phenoxy) is 3. The van der Waals surface area contributed by atoms with E-state index in [-0.39, 0.29) is 36.6 Å². The Hall–Kier alpha value is -5.07. The van der Waals surface area contributed by atoms with Gasteiger partial charge in [0.25, 0.3) is 15.7 Å². The Morgan fingerprint density at radius 1 is 1.08 bits per heavy atom. The summed E-state index contributed by atoms with van der Waals surface area (Å²) in [4.78, 5) is 94.0. The number of aromatic amines is 1. The fourth-order valence-electron chi connectivity index (χ4n) is 9.09. The summed E-state index contributed by atoms with van der Waals surface area (Å²) in [6.45, 7) is 1.54. The fraction of sp³-hybridized carbons (Fsp3) is 0.475. The van der Waals surface area contributed by atoms with E-state index in [1.54, 1.807) is 18.2 Å². The van der Waals surface area contributed by atoms with Gasteiger partial charge < -0.3 is 60.2 Å². The van der Waals surface area contributed by atoms with Crippen LogP contribution in [0.1, 0.15) is 57.4 Å². The molecule has 0 aliphatic carbocycles. The molecule has 0 spiro atoms. The number of imidazole rings is 1. The molecule has 0 radical (unpaired) electrons. The molecule has 4 aliphatic heterocycles. The van der Waals surface area contributed by atoms with Crippen molar-refractivity contribution in [3.63, 3.8) is 0 Å². The number of benzene rings is 2. The van der Waals surface area contributed by atoms with E-state index in [4.69, 9.17) is 29.5 Å². The molecule has 2 aromatic carbocycles. The molecule has 1 fully saturated rings. The molecule has 0 bridgehead atoms. The highest BCUT2D eigenvalue weighted by Gasteiger charge is 2.50. The van der Waals surface area contributed by atoms with Crippen molar-refractivity contribution in [2.75, 3.05) is 55.7 Å². The number of nitrogen functional groups attached to an aromatic ring is 1. The molecule has 402 valence electrons. The quantitative estimate of drug-likeness (QED) is 0.0233. The standard InChI is InChI=1S/C40H51N10O19P3S2/c1-4-48-11-5-7-21-13-24-28(15-26(21)48)65-29-16-27-23(14-25(29)45-24)22(19-74(61,62)63)17-40(2,3)50(27)12-6-8-31(51)42-9-10-43-39(54)67-34-30(18-64-70(55,56)68-71(57,58)69-72(59,60)73)66-37(33(34)52)49-20-44-32-35(49)46-38(41)47-36(32)53/h13-17,20,30,33-34,37,52H,4-12,18-19H2,1-3H3,(H9-,41,42,43,46,47,51,53,54,55,56,57,58,59,60,61,62,63,73)/p+1/t30-,33-,34-,37-/m1/s1. The van der Waals surface area contributed by atoms with E-state index < -0.39 is 92.5 Å². The lowest BCUT2D eigenvalue weighted by Gasteiger charge is -2.44. The fourth-order valence-corrected chi connectivity index (χ4v) is 13.5. The number of phosphoric ester groups is 1. The number of alkyl carbamates (subject to hydrolysis) is 1. The number of H-pyrrole nitrogens is 1. The molecule has 8 rings (SSSR count). The van der Waals surface area contributed by atoms with Gasteiger partial charge in [-0.1, -0.05) is 6.08 Å². The largest absolute Gasteiger partial charge is 0.488 e. The van der Waals surface area contributed by atoms with Crippen molar-refractivity contribution in [1.82, 2.24) is 34.7 Å². The van der Waals surface area contributed by atoms with Gasteiger partial charge in [-0.3, -0.25) is 28.2 Å². The summed E-state index contributed by atoms with van der Waals surface area (Å²) in [5.41, 5.74) is 6.82. The number of aliphatic hydroxyl groups is 1. The van der Waals surface area contributed by atoms with Crippen molar-refractivity contribution < 1.29 is 83.7 Å². The molecule has 6 heterocycles. The normalized spacial score (nSPS) is 21.7. The second-order valence-corrected chi connectivity index (χ2v) is 25.2. The highest BCUT2D eigenvalue weighted by atomic mass is 32.5. The predicted molar refractivity (Wildman–Crippen MR) is 264 cm³/mol. The first-order valence-corrected chi connectivity index (χ1v) is 29.8. The van der Waals surface area contributed by atoms with Crippen molar-refractivity contribution in [3.05, 3.63) is 68.9 Å². The number of hydrogen-bond donors (Lipinski definition) is 10. The molecule has 74 heavy (non-hydrogen) atoms. The number of nitrogens with two attached hydrogens (primary N) is 1. The molecular weight excluding hydrogens is 1080 g/mol. The average molecular weight is 1130 g/mol. The number of aryl methyl sites for hydroxylation is 1. The van der Waals surface area contributed by atoms with E-state index in [1.165, 1.54) is 0 Å². The molecule has 0 saturated carbocycles. The average Bonchev–Trinajstić information content (AvgIpc) is 3.83. The van der Waals surface area contributed by atoms with Crippen molar-refractivity contribution in [2.24, 2.45) is 4.99 Å². The van der Waals surface area contributed by atoms with Crippen LogP contribution < -0.4 is 46.9 Å². The number of carbonyl (C=O) groups excluding carboxylic acids is 2. The predicted octanol–water partition coefficient (Wildman–Crippen LogP) is 0.495. The lowest BCUT2D eigenvalue weighted by atomic mass is 9.88. The summed E-state index contributed by atoms with van der Waals surface area (Å²) in [6.07, 6.45) is -3.11. The number of aliphatic hydroxyl groups excluding tert-OH is 1. The number of aromatic nitrogens is 4. The Bertz CT molecular complexity index is 3410. The number of anilines is 2. The summed E-state index contributed by atoms with van der Waals surface area (Å²) in [5.74, 6) is -0.369. The Balaban J connectivity index is 0.898. The maximum atomic E-state index is 13.1. The lowest BCUT2D eigenvalue weighted by Crippen LogP contribution is -2.46. The van der Waals surface area contributed by atoms with E-state index in [1.807, 2.05) is 30.9 Å². The van der Waals surface area contributed by atoms with E-state index in [0.717, 1.165) is 47.7 Å². The summed E-state index contributed by atoms with van der Waals surface area (Å²) in [6, 6.07) is 7.54. The highest BCUT2D eigenvalue weighted by Crippen LogP contribution is 2.66. The number of amides is 2. The van der Waals surface area contributed by atoms with Crippen LogP contribution in [0.25, 0.3) is 16.7 Å². The molecule has 4 aliphatic rings. The molecule has 1 saturated heterocycles. The minimum atomic E-state index is -5.72. The summed E-state index contributed by atoms with van der Waals surface area (Å²) in [5, 5.41) is 18.2. The van der Waals surface area contributed by atoms with E-state index >= 15 is 0 Å². The number of rotatable bonds is 19. The van der Waals surface area contributed by atoms with Crippen molar-refractivity contribution >= 4 is 90.3 Å². The van der Waals surface area contributed by atoms with Crippen molar-refractivity contribution in [1.29, 1.82) is 0 Å². The summed E-state index contributed by atoms with van der Waals surface area (Å²) < 4.78 is 92.8. The molecule has 2 unspecified atom stereocenters. The van der Waals surface area contributed by atoms with Crippen LogP contribution in [-0.4, -0.2) is 138 Å². The minimum absolute atomic E-state index is 0.00703. The van der Waals surface area contributed by atoms with Crippen LogP contribution in [0.2, 0.25) is 0 Å². The molecule has 2 amide bonds. The second-order valence-electron chi connectivity index (χ2n) is 17.9. The Labute approximate surface area is 424 Å². The molecule has 11 N–H and O–H groups in total. The van der Waals surface area contributed by atoms with Gasteiger partial charge in [0.1, 0.15) is 42.1 Å². The van der Waals surface area contributed by atoms with E-state index in [0.29, 0.717) is 52.3 Å². The molecule has 6 atom stereocenters. The maximum Gasteiger partial charge on any atom is 0.488 e. The number of phosphoric acid groups is 2.